The molecule has 0 aliphatic carbocycles. The molecule has 0 saturated carbocycles. The van der Waals surface area contributed by atoms with E-state index < -0.39 is 0 Å². The lowest BCUT2D eigenvalue weighted by Crippen LogP contribution is -1.87. The second-order valence-corrected chi connectivity index (χ2v) is 7.59. The summed E-state index contributed by atoms with van der Waals surface area (Å²) in [6, 6.07) is 24.2. The number of nitrogens with zero attached hydrogens (tertiary/aromatic N) is 2. The van der Waals surface area contributed by atoms with Crippen LogP contribution in [0.1, 0.15) is 5.56 Å². The van der Waals surface area contributed by atoms with Crippen molar-refractivity contribution in [2.24, 2.45) is 0 Å². The van der Waals surface area contributed by atoms with Gasteiger partial charge in [-0.05, 0) is 35.9 Å². The Morgan fingerprint density at radius 3 is 2.58 bits per heavy atom. The van der Waals surface area contributed by atoms with Gasteiger partial charge in [-0.1, -0.05) is 48.0 Å². The van der Waals surface area contributed by atoms with Gasteiger partial charge < -0.3 is 0 Å². The first-order valence-electron chi connectivity index (χ1n) is 8.15. The molecular formula is C22H11ClN2S. The SMILES string of the molecule is N#Cc1ccc2sc3nc4cc(Cl)ccc4c(-c4ccccc4)c3c2c1. The Labute approximate surface area is 158 Å². The van der Waals surface area contributed by atoms with Gasteiger partial charge in [0.25, 0.3) is 0 Å². The summed E-state index contributed by atoms with van der Waals surface area (Å²) in [6.07, 6.45) is 0. The van der Waals surface area contributed by atoms with Gasteiger partial charge in [0.05, 0.1) is 17.1 Å². The van der Waals surface area contributed by atoms with Crippen LogP contribution in [0, 0.1) is 11.3 Å². The first-order valence-corrected chi connectivity index (χ1v) is 9.35. The van der Waals surface area contributed by atoms with Crippen LogP contribution >= 0.6 is 22.9 Å². The molecule has 0 atom stereocenters. The minimum atomic E-state index is 0.660. The number of rotatable bonds is 1. The van der Waals surface area contributed by atoms with Crippen LogP contribution in [0.5, 0.6) is 0 Å². The van der Waals surface area contributed by atoms with E-state index in [1.807, 2.05) is 54.6 Å². The Balaban J connectivity index is 2.05. The van der Waals surface area contributed by atoms with E-state index >= 15 is 0 Å². The lowest BCUT2D eigenvalue weighted by Gasteiger charge is -2.10. The number of nitriles is 1. The van der Waals surface area contributed by atoms with Gasteiger partial charge in [-0.2, -0.15) is 5.26 Å². The van der Waals surface area contributed by atoms with Crippen molar-refractivity contribution >= 4 is 54.1 Å². The molecule has 0 fully saturated rings. The van der Waals surface area contributed by atoms with Gasteiger partial charge in [-0.25, -0.2) is 4.98 Å². The van der Waals surface area contributed by atoms with Crippen LogP contribution in [-0.2, 0) is 0 Å². The normalized spacial score (nSPS) is 11.2. The van der Waals surface area contributed by atoms with E-state index in [1.54, 1.807) is 11.3 Å². The Morgan fingerprint density at radius 2 is 1.77 bits per heavy atom. The van der Waals surface area contributed by atoms with Crippen LogP contribution in [0.3, 0.4) is 0 Å². The number of benzene rings is 3. The van der Waals surface area contributed by atoms with E-state index in [-0.39, 0.29) is 0 Å². The van der Waals surface area contributed by atoms with Crippen LogP contribution in [0.2, 0.25) is 5.02 Å². The van der Waals surface area contributed by atoms with Crippen LogP contribution < -0.4 is 0 Å². The molecule has 0 aliphatic rings. The summed E-state index contributed by atoms with van der Waals surface area (Å²) in [5, 5.41) is 13.2. The van der Waals surface area contributed by atoms with Crippen molar-refractivity contribution in [1.82, 2.24) is 4.98 Å². The molecule has 0 amide bonds. The average molecular weight is 371 g/mol. The highest BCUT2D eigenvalue weighted by Gasteiger charge is 2.16. The average Bonchev–Trinajstić information content (AvgIpc) is 3.03. The molecule has 2 heterocycles. The molecule has 26 heavy (non-hydrogen) atoms. The van der Waals surface area contributed by atoms with Crippen molar-refractivity contribution in [1.29, 1.82) is 5.26 Å². The summed E-state index contributed by atoms with van der Waals surface area (Å²) < 4.78 is 1.13. The second-order valence-electron chi connectivity index (χ2n) is 6.12. The fourth-order valence-corrected chi connectivity index (χ4v) is 4.67. The summed E-state index contributed by atoms with van der Waals surface area (Å²) in [5.41, 5.74) is 3.82. The first kappa shape index (κ1) is 15.3. The molecule has 0 bridgehead atoms. The smallest absolute Gasteiger partial charge is 0.125 e. The highest BCUT2D eigenvalue weighted by Crippen LogP contribution is 2.43. The zero-order valence-corrected chi connectivity index (χ0v) is 15.1. The number of hydrogen-bond acceptors (Lipinski definition) is 3. The lowest BCUT2D eigenvalue weighted by molar-refractivity contribution is 1.50. The summed E-state index contributed by atoms with van der Waals surface area (Å²) in [7, 11) is 0. The summed E-state index contributed by atoms with van der Waals surface area (Å²) in [6.45, 7) is 0. The number of halogens is 1. The van der Waals surface area contributed by atoms with E-state index in [9.17, 15) is 5.26 Å². The van der Waals surface area contributed by atoms with Crippen LogP contribution in [0.15, 0.2) is 66.7 Å². The van der Waals surface area contributed by atoms with Gasteiger partial charge >= 0.3 is 0 Å². The van der Waals surface area contributed by atoms with Gasteiger partial charge in [0.2, 0.25) is 0 Å². The molecule has 2 nitrogen and oxygen atoms in total. The molecule has 0 spiro atoms. The molecule has 0 saturated heterocycles. The largest absolute Gasteiger partial charge is 0.237 e. The second kappa shape index (κ2) is 5.81. The van der Waals surface area contributed by atoms with Gasteiger partial charge in [0.15, 0.2) is 0 Å². The maximum atomic E-state index is 9.32. The van der Waals surface area contributed by atoms with Crippen LogP contribution in [-0.4, -0.2) is 4.98 Å². The van der Waals surface area contributed by atoms with Crippen molar-refractivity contribution in [3.63, 3.8) is 0 Å². The highest BCUT2D eigenvalue weighted by molar-refractivity contribution is 7.25. The van der Waals surface area contributed by atoms with E-state index in [1.165, 1.54) is 0 Å². The number of thiophene rings is 1. The molecule has 5 aromatic rings. The third-order valence-corrected chi connectivity index (χ3v) is 5.86. The minimum absolute atomic E-state index is 0.660. The van der Waals surface area contributed by atoms with Crippen molar-refractivity contribution < 1.29 is 0 Å². The van der Waals surface area contributed by atoms with Gasteiger partial charge in [0.1, 0.15) is 4.83 Å². The Kier molecular flexibility index (Phi) is 3.43. The first-order chi connectivity index (χ1) is 12.7. The molecule has 0 radical (unpaired) electrons. The fraction of sp³-hybridized carbons (Fsp3) is 0. The van der Waals surface area contributed by atoms with E-state index in [2.05, 4.69) is 18.2 Å². The molecule has 0 aliphatic heterocycles. The molecule has 5 rings (SSSR count). The summed E-state index contributed by atoms with van der Waals surface area (Å²) >= 11 is 7.86. The third-order valence-electron chi connectivity index (χ3n) is 4.56. The van der Waals surface area contributed by atoms with Crippen molar-refractivity contribution in [3.8, 4) is 17.2 Å². The molecule has 0 unspecified atom stereocenters. The lowest BCUT2D eigenvalue weighted by atomic mass is 9.96. The number of aromatic nitrogens is 1. The fourth-order valence-electron chi connectivity index (χ4n) is 3.43. The van der Waals surface area contributed by atoms with Crippen LogP contribution in [0.4, 0.5) is 0 Å². The molecule has 122 valence electrons. The topological polar surface area (TPSA) is 36.7 Å². The zero-order valence-electron chi connectivity index (χ0n) is 13.5. The minimum Gasteiger partial charge on any atom is -0.237 e. The maximum Gasteiger partial charge on any atom is 0.125 e. The number of hydrogen-bond donors (Lipinski definition) is 0. The molecule has 0 N–H and O–H groups in total. The molecular weight excluding hydrogens is 360 g/mol. The number of pyridine rings is 1. The Hall–Kier alpha value is -2.93. The number of fused-ring (bicyclic) bond motifs is 4. The van der Waals surface area contributed by atoms with E-state index in [0.717, 1.165) is 42.3 Å². The van der Waals surface area contributed by atoms with E-state index in [0.29, 0.717) is 10.6 Å². The summed E-state index contributed by atoms with van der Waals surface area (Å²) in [4.78, 5) is 5.83. The standard InChI is InChI=1S/C22H11ClN2S/c23-15-7-8-16-18(11-15)25-22-21(20(16)14-4-2-1-3-5-14)17-10-13(12-24)6-9-19(17)26-22/h1-11H. The monoisotopic (exact) mass is 370 g/mol. The predicted molar refractivity (Wildman–Crippen MR) is 110 cm³/mol. The van der Waals surface area contributed by atoms with Gasteiger partial charge in [0, 0.05) is 31.4 Å². The van der Waals surface area contributed by atoms with Crippen LogP contribution in [0.25, 0.3) is 42.3 Å². The van der Waals surface area contributed by atoms with Crippen molar-refractivity contribution in [2.75, 3.05) is 0 Å². The van der Waals surface area contributed by atoms with E-state index in [4.69, 9.17) is 16.6 Å². The molecule has 4 heteroatoms. The van der Waals surface area contributed by atoms with Gasteiger partial charge in [-0.15, -0.1) is 11.3 Å². The predicted octanol–water partition coefficient (Wildman–Crippen LogP) is 6.79. The summed E-state index contributed by atoms with van der Waals surface area (Å²) in [5.74, 6) is 0. The molecule has 2 aromatic heterocycles. The van der Waals surface area contributed by atoms with Crippen molar-refractivity contribution in [2.45, 2.75) is 0 Å². The zero-order chi connectivity index (χ0) is 17.7. The Bertz CT molecular complexity index is 1350. The van der Waals surface area contributed by atoms with Crippen molar-refractivity contribution in [3.05, 3.63) is 77.3 Å². The molecule has 3 aromatic carbocycles. The van der Waals surface area contributed by atoms with Gasteiger partial charge in [-0.3, -0.25) is 0 Å². The Morgan fingerprint density at radius 1 is 0.923 bits per heavy atom. The quantitative estimate of drug-likeness (QED) is 0.325. The highest BCUT2D eigenvalue weighted by atomic mass is 35.5. The maximum absolute atomic E-state index is 9.32. The third kappa shape index (κ3) is 2.28.